The van der Waals surface area contributed by atoms with E-state index in [4.69, 9.17) is 6.57 Å². The van der Waals surface area contributed by atoms with Gasteiger partial charge in [-0.25, -0.2) is 10.1 Å². The molecule has 236 valence electrons. The molecule has 6 rings (SSSR count). The summed E-state index contributed by atoms with van der Waals surface area (Å²) in [5, 5.41) is 9.67. The molecular weight excluding hydrogens is 607 g/mol. The van der Waals surface area contributed by atoms with E-state index in [0.717, 1.165) is 32.4 Å². The second-order valence-electron chi connectivity index (χ2n) is 14.1. The Hall–Kier alpha value is -5.49. The second-order valence-corrected chi connectivity index (χ2v) is 15.2. The molecule has 5 aromatic rings. The van der Waals surface area contributed by atoms with E-state index >= 15 is 0 Å². The molecule has 5 heteroatoms. The summed E-state index contributed by atoms with van der Waals surface area (Å²) in [5.41, 5.74) is 8.90. The van der Waals surface area contributed by atoms with Gasteiger partial charge >= 0.3 is 0 Å². The van der Waals surface area contributed by atoms with Gasteiger partial charge in [-0.15, -0.1) is 11.3 Å². The Balaban J connectivity index is 1.34. The number of ketones is 1. The van der Waals surface area contributed by atoms with Crippen LogP contribution in [0.4, 0.5) is 17.1 Å². The van der Waals surface area contributed by atoms with Gasteiger partial charge in [0.1, 0.15) is 0 Å². The number of nitrogens with zero attached hydrogens (tertiary/aromatic N) is 3. The van der Waals surface area contributed by atoms with Gasteiger partial charge < -0.3 is 4.90 Å². The number of benzene rings is 4. The lowest BCUT2D eigenvalue weighted by Crippen LogP contribution is -2.14. The summed E-state index contributed by atoms with van der Waals surface area (Å²) in [5.74, 6) is -0.164. The van der Waals surface area contributed by atoms with Gasteiger partial charge in [-0.05, 0) is 87.7 Å². The molecule has 1 aliphatic carbocycles. The van der Waals surface area contributed by atoms with Gasteiger partial charge in [0.05, 0.1) is 12.6 Å². The van der Waals surface area contributed by atoms with Crippen molar-refractivity contribution in [2.45, 2.75) is 52.4 Å². The summed E-state index contributed by atoms with van der Waals surface area (Å²) in [7, 11) is 0. The minimum Gasteiger partial charge on any atom is -0.311 e. The van der Waals surface area contributed by atoms with Gasteiger partial charge in [0.2, 0.25) is 0 Å². The highest BCUT2D eigenvalue weighted by Gasteiger charge is 2.32. The zero-order valence-corrected chi connectivity index (χ0v) is 28.9. The maximum atomic E-state index is 13.4. The van der Waals surface area contributed by atoms with Crippen LogP contribution in [0.1, 0.15) is 73.5 Å². The van der Waals surface area contributed by atoms with Gasteiger partial charge in [0, 0.05) is 43.5 Å². The average molecular weight is 644 g/mol. The lowest BCUT2D eigenvalue weighted by atomic mass is 9.86. The van der Waals surface area contributed by atoms with E-state index in [2.05, 4.69) is 130 Å². The van der Waals surface area contributed by atoms with Crippen molar-refractivity contribution in [2.24, 2.45) is 0 Å². The fourth-order valence-electron chi connectivity index (χ4n) is 6.00. The Morgan fingerprint density at radius 3 is 1.71 bits per heavy atom. The Bertz CT molecular complexity index is 2080. The molecular formula is C43H37N3OS. The second kappa shape index (κ2) is 12.6. The van der Waals surface area contributed by atoms with Crippen LogP contribution in [0, 0.1) is 17.9 Å². The minimum absolute atomic E-state index is 0.0662. The molecule has 0 radical (unpaired) electrons. The van der Waals surface area contributed by atoms with Gasteiger partial charge in [0.15, 0.2) is 5.78 Å². The molecule has 0 fully saturated rings. The van der Waals surface area contributed by atoms with Crippen LogP contribution < -0.4 is 4.90 Å². The van der Waals surface area contributed by atoms with Crippen LogP contribution in [-0.4, -0.2) is 5.78 Å². The third-order valence-electron chi connectivity index (χ3n) is 8.72. The number of hydrogen-bond acceptors (Lipinski definition) is 4. The van der Waals surface area contributed by atoms with E-state index in [1.807, 2.05) is 24.3 Å². The lowest BCUT2D eigenvalue weighted by Gasteiger charge is -2.28. The normalized spacial score (nSPS) is 14.8. The molecule has 48 heavy (non-hydrogen) atoms. The van der Waals surface area contributed by atoms with Crippen molar-refractivity contribution in [2.75, 3.05) is 4.90 Å². The maximum Gasteiger partial charge on any atom is 0.270 e. The topological polar surface area (TPSA) is 48.5 Å². The summed E-state index contributed by atoms with van der Waals surface area (Å²) >= 11 is 1.57. The Labute approximate surface area is 287 Å². The van der Waals surface area contributed by atoms with Crippen molar-refractivity contribution in [1.82, 2.24) is 0 Å². The van der Waals surface area contributed by atoms with Crippen molar-refractivity contribution in [1.29, 1.82) is 5.26 Å². The molecule has 0 amide bonds. The van der Waals surface area contributed by atoms with Crippen molar-refractivity contribution in [3.8, 4) is 16.5 Å². The summed E-state index contributed by atoms with van der Waals surface area (Å²) in [6.07, 6.45) is 1.81. The standard InChI is InChI=1S/C43H37N3OS/c1-42(2,3)29-14-20-32(21-15-29)46(33-22-16-30(17-23-33)43(4,5)6)31-18-12-28(13-19-31)39-25-24-34(48-39)26-37-40(38(27-44)45-7)35-10-8-9-11-36(35)41(37)47/h8-26H,1-6H3/b37-26-,40-38-. The Morgan fingerprint density at radius 2 is 1.23 bits per heavy atom. The third-order valence-corrected chi connectivity index (χ3v) is 9.80. The highest BCUT2D eigenvalue weighted by molar-refractivity contribution is 7.16. The van der Waals surface area contributed by atoms with E-state index in [9.17, 15) is 10.1 Å². The number of allylic oxidation sites excluding steroid dienone is 3. The average Bonchev–Trinajstić information content (AvgIpc) is 3.65. The maximum absolute atomic E-state index is 13.4. The highest BCUT2D eigenvalue weighted by Crippen LogP contribution is 2.42. The molecule has 0 atom stereocenters. The lowest BCUT2D eigenvalue weighted by molar-refractivity contribution is 0.104. The SMILES string of the molecule is [C-]#[N+]/C(C#N)=C1\C(=C\c2ccc(-c3ccc(N(c4ccc(C(C)(C)C)cc4)c4ccc(C(C)(C)C)cc4)cc3)s2)C(=O)c2ccccc21. The van der Waals surface area contributed by atoms with Gasteiger partial charge in [0.25, 0.3) is 5.70 Å². The molecule has 4 nitrogen and oxygen atoms in total. The molecule has 0 N–H and O–H groups in total. The van der Waals surface area contributed by atoms with Crippen molar-refractivity contribution in [3.05, 3.63) is 159 Å². The first kappa shape index (κ1) is 32.5. The zero-order valence-electron chi connectivity index (χ0n) is 28.1. The first-order valence-electron chi connectivity index (χ1n) is 16.0. The van der Waals surface area contributed by atoms with Crippen LogP contribution in [-0.2, 0) is 10.8 Å². The van der Waals surface area contributed by atoms with Crippen molar-refractivity contribution >= 4 is 45.8 Å². The minimum atomic E-state index is -0.164. The van der Waals surface area contributed by atoms with E-state index in [1.165, 1.54) is 11.1 Å². The summed E-state index contributed by atoms with van der Waals surface area (Å²) in [6.45, 7) is 20.9. The number of fused-ring (bicyclic) bond motifs is 1. The summed E-state index contributed by atoms with van der Waals surface area (Å²) in [4.78, 5) is 21.0. The van der Waals surface area contributed by atoms with Gasteiger partial charge in [-0.1, -0.05) is 102 Å². The monoisotopic (exact) mass is 643 g/mol. The van der Waals surface area contributed by atoms with Crippen LogP contribution in [0.2, 0.25) is 0 Å². The van der Waals surface area contributed by atoms with Crippen LogP contribution >= 0.6 is 11.3 Å². The first-order chi connectivity index (χ1) is 22.9. The molecule has 4 aromatic carbocycles. The van der Waals surface area contributed by atoms with Crippen LogP contribution in [0.15, 0.2) is 120 Å². The predicted octanol–water partition coefficient (Wildman–Crippen LogP) is 11.9. The van der Waals surface area contributed by atoms with E-state index < -0.39 is 0 Å². The zero-order chi connectivity index (χ0) is 34.2. The van der Waals surface area contributed by atoms with E-state index in [-0.39, 0.29) is 22.3 Å². The summed E-state index contributed by atoms with van der Waals surface area (Å²) in [6, 6.07) is 39.4. The molecule has 1 heterocycles. The molecule has 0 unspecified atom stereocenters. The largest absolute Gasteiger partial charge is 0.311 e. The van der Waals surface area contributed by atoms with Crippen LogP contribution in [0.3, 0.4) is 0 Å². The Morgan fingerprint density at radius 1 is 0.729 bits per heavy atom. The van der Waals surface area contributed by atoms with Crippen molar-refractivity contribution < 1.29 is 4.79 Å². The molecule has 0 aliphatic heterocycles. The van der Waals surface area contributed by atoms with Gasteiger partial charge in [-0.3, -0.25) is 4.79 Å². The van der Waals surface area contributed by atoms with Crippen molar-refractivity contribution in [3.63, 3.8) is 0 Å². The fraction of sp³-hybridized carbons (Fsp3) is 0.186. The number of thiophene rings is 1. The van der Waals surface area contributed by atoms with Crippen LogP contribution in [0.5, 0.6) is 0 Å². The molecule has 0 bridgehead atoms. The summed E-state index contributed by atoms with van der Waals surface area (Å²) < 4.78 is 0. The quantitative estimate of drug-likeness (QED) is 0.109. The molecule has 0 saturated heterocycles. The number of carbonyl (C=O) groups is 1. The van der Waals surface area contributed by atoms with Gasteiger partial charge in [-0.2, -0.15) is 0 Å². The smallest absolute Gasteiger partial charge is 0.270 e. The van der Waals surface area contributed by atoms with E-state index in [1.54, 1.807) is 29.5 Å². The third kappa shape index (κ3) is 6.26. The number of carbonyl (C=O) groups excluding carboxylic acids is 1. The number of hydrogen-bond donors (Lipinski definition) is 0. The Kier molecular flexibility index (Phi) is 8.52. The molecule has 0 saturated carbocycles. The number of anilines is 3. The highest BCUT2D eigenvalue weighted by atomic mass is 32.1. The number of Topliss-reactive ketones (excluding diaryl/α,β-unsaturated/α-hetero) is 1. The number of rotatable bonds is 5. The first-order valence-corrected chi connectivity index (χ1v) is 16.8. The molecule has 1 aliphatic rings. The van der Waals surface area contributed by atoms with Crippen LogP contribution in [0.25, 0.3) is 26.9 Å². The van der Waals surface area contributed by atoms with E-state index in [0.29, 0.717) is 22.3 Å². The fourth-order valence-corrected chi connectivity index (χ4v) is 6.96. The number of nitriles is 1. The predicted molar refractivity (Wildman–Crippen MR) is 200 cm³/mol. The molecule has 0 spiro atoms. The molecule has 1 aromatic heterocycles.